The first-order valence-electron chi connectivity index (χ1n) is 5.90. The van der Waals surface area contributed by atoms with Crippen molar-refractivity contribution in [2.24, 2.45) is 5.73 Å². The van der Waals surface area contributed by atoms with E-state index in [1.807, 2.05) is 0 Å². The number of nitrogens with one attached hydrogen (secondary N) is 1. The molecule has 0 spiro atoms. The number of hydrogen-bond donors (Lipinski definition) is 2. The lowest BCUT2D eigenvalue weighted by molar-refractivity contribution is -0.139. The Morgan fingerprint density at radius 2 is 1.88 bits per heavy atom. The first kappa shape index (κ1) is 13.8. The number of alkyl halides is 3. The molecule has 1 saturated carbocycles. The third kappa shape index (κ3) is 5.16. The summed E-state index contributed by atoms with van der Waals surface area (Å²) in [7, 11) is 0. The molecular formula is C11H21F3N2. The molecule has 0 heterocycles. The number of rotatable bonds is 5. The second-order valence-electron chi connectivity index (χ2n) is 4.99. The summed E-state index contributed by atoms with van der Waals surface area (Å²) in [6.07, 6.45) is 0.216. The van der Waals surface area contributed by atoms with Crippen LogP contribution >= 0.6 is 0 Å². The van der Waals surface area contributed by atoms with Crippen molar-refractivity contribution in [3.8, 4) is 0 Å². The van der Waals surface area contributed by atoms with Gasteiger partial charge in [0.25, 0.3) is 0 Å². The zero-order chi connectivity index (χ0) is 12.2. The van der Waals surface area contributed by atoms with E-state index in [-0.39, 0.29) is 5.54 Å². The van der Waals surface area contributed by atoms with Gasteiger partial charge in [-0.2, -0.15) is 13.2 Å². The van der Waals surface area contributed by atoms with Crippen LogP contribution < -0.4 is 11.1 Å². The van der Waals surface area contributed by atoms with Gasteiger partial charge in [0, 0.05) is 11.6 Å². The van der Waals surface area contributed by atoms with Crippen molar-refractivity contribution < 1.29 is 13.2 Å². The standard InChI is InChI=1S/C11H21F3N2/c1-9(8-11(12,13)14)16-7-6-10(15)4-2-3-5-10/h9,16H,2-8,15H2,1H3. The van der Waals surface area contributed by atoms with E-state index >= 15 is 0 Å². The van der Waals surface area contributed by atoms with Crippen LogP contribution in [0.4, 0.5) is 13.2 Å². The van der Waals surface area contributed by atoms with Gasteiger partial charge in [0.2, 0.25) is 0 Å². The fraction of sp³-hybridized carbons (Fsp3) is 1.00. The zero-order valence-corrected chi connectivity index (χ0v) is 9.74. The third-order valence-corrected chi connectivity index (χ3v) is 3.25. The Labute approximate surface area is 94.8 Å². The Bertz CT molecular complexity index is 210. The highest BCUT2D eigenvalue weighted by Gasteiger charge is 2.31. The maximum absolute atomic E-state index is 12.0. The first-order chi connectivity index (χ1) is 7.31. The second kappa shape index (κ2) is 5.36. The van der Waals surface area contributed by atoms with E-state index in [1.165, 1.54) is 0 Å². The van der Waals surface area contributed by atoms with Gasteiger partial charge in [0.05, 0.1) is 6.42 Å². The van der Waals surface area contributed by atoms with Crippen LogP contribution in [0.5, 0.6) is 0 Å². The minimum Gasteiger partial charge on any atom is -0.325 e. The summed E-state index contributed by atoms with van der Waals surface area (Å²) in [5, 5.41) is 2.89. The molecule has 0 bridgehead atoms. The van der Waals surface area contributed by atoms with Gasteiger partial charge in [-0.15, -0.1) is 0 Å². The molecule has 96 valence electrons. The Morgan fingerprint density at radius 1 is 1.31 bits per heavy atom. The van der Waals surface area contributed by atoms with Crippen molar-refractivity contribution >= 4 is 0 Å². The predicted octanol–water partition coefficient (Wildman–Crippen LogP) is 2.58. The smallest absolute Gasteiger partial charge is 0.325 e. The molecule has 0 aromatic carbocycles. The molecule has 0 amide bonds. The predicted molar refractivity (Wildman–Crippen MR) is 58.1 cm³/mol. The lowest BCUT2D eigenvalue weighted by atomic mass is 9.95. The number of hydrogen-bond acceptors (Lipinski definition) is 2. The van der Waals surface area contributed by atoms with Crippen molar-refractivity contribution in [3.05, 3.63) is 0 Å². The summed E-state index contributed by atoms with van der Waals surface area (Å²) in [6, 6.07) is -0.523. The van der Waals surface area contributed by atoms with Gasteiger partial charge in [0.15, 0.2) is 0 Å². The SMILES string of the molecule is CC(CC(F)(F)F)NCCC1(N)CCCC1. The van der Waals surface area contributed by atoms with Gasteiger partial charge in [0.1, 0.15) is 0 Å². The Balaban J connectivity index is 2.15. The zero-order valence-electron chi connectivity index (χ0n) is 9.74. The van der Waals surface area contributed by atoms with Crippen molar-refractivity contribution in [2.45, 2.75) is 63.2 Å². The third-order valence-electron chi connectivity index (χ3n) is 3.25. The molecule has 0 aromatic heterocycles. The van der Waals surface area contributed by atoms with Gasteiger partial charge < -0.3 is 11.1 Å². The average molecular weight is 238 g/mol. The normalized spacial score (nSPS) is 22.3. The minimum atomic E-state index is -4.08. The van der Waals surface area contributed by atoms with Crippen LogP contribution in [0.1, 0.15) is 45.4 Å². The fourth-order valence-electron chi connectivity index (χ4n) is 2.32. The molecular weight excluding hydrogens is 217 g/mol. The lowest BCUT2D eigenvalue weighted by Crippen LogP contribution is -2.41. The van der Waals surface area contributed by atoms with E-state index in [9.17, 15) is 13.2 Å². The first-order valence-corrected chi connectivity index (χ1v) is 5.90. The summed E-state index contributed by atoms with van der Waals surface area (Å²) in [4.78, 5) is 0. The largest absolute Gasteiger partial charge is 0.390 e. The topological polar surface area (TPSA) is 38.0 Å². The molecule has 16 heavy (non-hydrogen) atoms. The van der Waals surface area contributed by atoms with Gasteiger partial charge in [-0.05, 0) is 32.7 Å². The number of nitrogens with two attached hydrogens (primary N) is 1. The van der Waals surface area contributed by atoms with E-state index in [2.05, 4.69) is 5.32 Å². The van der Waals surface area contributed by atoms with Crippen molar-refractivity contribution in [1.82, 2.24) is 5.32 Å². The second-order valence-corrected chi connectivity index (χ2v) is 4.99. The Kier molecular flexibility index (Phi) is 4.62. The highest BCUT2D eigenvalue weighted by molar-refractivity contribution is 4.89. The molecule has 1 fully saturated rings. The molecule has 1 unspecified atom stereocenters. The average Bonchev–Trinajstić information content (AvgIpc) is 2.49. The molecule has 0 radical (unpaired) electrons. The maximum atomic E-state index is 12.0. The molecule has 0 aliphatic heterocycles. The van der Waals surface area contributed by atoms with Crippen molar-refractivity contribution in [1.29, 1.82) is 0 Å². The lowest BCUT2D eigenvalue weighted by Gasteiger charge is -2.25. The van der Waals surface area contributed by atoms with E-state index in [0.717, 1.165) is 32.1 Å². The van der Waals surface area contributed by atoms with E-state index in [1.54, 1.807) is 6.92 Å². The molecule has 5 heteroatoms. The van der Waals surface area contributed by atoms with E-state index in [0.29, 0.717) is 6.54 Å². The molecule has 1 aliphatic carbocycles. The highest BCUT2D eigenvalue weighted by Crippen LogP contribution is 2.29. The fourth-order valence-corrected chi connectivity index (χ4v) is 2.32. The molecule has 0 saturated heterocycles. The Morgan fingerprint density at radius 3 is 2.38 bits per heavy atom. The number of halogens is 3. The van der Waals surface area contributed by atoms with Crippen molar-refractivity contribution in [2.75, 3.05) is 6.54 Å². The van der Waals surface area contributed by atoms with E-state index < -0.39 is 18.6 Å². The van der Waals surface area contributed by atoms with Crippen LogP contribution in [-0.2, 0) is 0 Å². The van der Waals surface area contributed by atoms with Crippen LogP contribution in [0.2, 0.25) is 0 Å². The summed E-state index contributed by atoms with van der Waals surface area (Å²) < 4.78 is 36.1. The van der Waals surface area contributed by atoms with Gasteiger partial charge >= 0.3 is 6.18 Å². The monoisotopic (exact) mass is 238 g/mol. The highest BCUT2D eigenvalue weighted by atomic mass is 19.4. The molecule has 0 aromatic rings. The van der Waals surface area contributed by atoms with Gasteiger partial charge in [-0.1, -0.05) is 12.8 Å². The minimum absolute atomic E-state index is 0.134. The molecule has 1 aliphatic rings. The summed E-state index contributed by atoms with van der Waals surface area (Å²) in [5.41, 5.74) is 5.98. The summed E-state index contributed by atoms with van der Waals surface area (Å²) >= 11 is 0. The van der Waals surface area contributed by atoms with Crippen LogP contribution in [0, 0.1) is 0 Å². The molecule has 1 atom stereocenters. The maximum Gasteiger partial charge on any atom is 0.390 e. The molecule has 1 rings (SSSR count). The van der Waals surface area contributed by atoms with Gasteiger partial charge in [-0.25, -0.2) is 0 Å². The molecule has 2 nitrogen and oxygen atoms in total. The van der Waals surface area contributed by atoms with Gasteiger partial charge in [-0.3, -0.25) is 0 Å². The van der Waals surface area contributed by atoms with Crippen molar-refractivity contribution in [3.63, 3.8) is 0 Å². The van der Waals surface area contributed by atoms with Crippen LogP contribution in [0.25, 0.3) is 0 Å². The van der Waals surface area contributed by atoms with E-state index in [4.69, 9.17) is 5.73 Å². The quantitative estimate of drug-likeness (QED) is 0.772. The Hall–Kier alpha value is -0.290. The molecule has 3 N–H and O–H groups in total. The van der Waals surface area contributed by atoms with Crippen LogP contribution in [0.3, 0.4) is 0 Å². The summed E-state index contributed by atoms with van der Waals surface area (Å²) in [5.74, 6) is 0. The van der Waals surface area contributed by atoms with Crippen LogP contribution in [0.15, 0.2) is 0 Å². The van der Waals surface area contributed by atoms with Crippen LogP contribution in [-0.4, -0.2) is 24.3 Å². The summed E-state index contributed by atoms with van der Waals surface area (Å²) in [6.45, 7) is 2.14.